The van der Waals surface area contributed by atoms with Crippen LogP contribution in [-0.2, 0) is 4.79 Å². The molecule has 1 atom stereocenters. The van der Waals surface area contributed by atoms with E-state index in [4.69, 9.17) is 9.47 Å². The molecule has 1 aliphatic rings. The number of carbonyl (C=O) groups is 1. The predicted octanol–water partition coefficient (Wildman–Crippen LogP) is 3.64. The van der Waals surface area contributed by atoms with Crippen LogP contribution in [0.2, 0.25) is 0 Å². The number of imidazole rings is 1. The Morgan fingerprint density at radius 1 is 1.14 bits per heavy atom. The largest absolute Gasteiger partial charge is 0.493 e. The molecule has 0 fully saturated rings. The lowest BCUT2D eigenvalue weighted by atomic mass is 9.89. The van der Waals surface area contributed by atoms with Crippen LogP contribution in [0.4, 0.5) is 14.6 Å². The molecule has 1 aromatic heterocycles. The van der Waals surface area contributed by atoms with Gasteiger partial charge in [0.2, 0.25) is 5.91 Å². The summed E-state index contributed by atoms with van der Waals surface area (Å²) < 4.78 is 39.6. The fourth-order valence-corrected chi connectivity index (χ4v) is 3.52. The number of carbonyl (C=O) groups excluding carboxylic acids is 1. The van der Waals surface area contributed by atoms with Gasteiger partial charge in [-0.3, -0.25) is 9.36 Å². The highest BCUT2D eigenvalue weighted by atomic mass is 19.1. The second-order valence-electron chi connectivity index (χ2n) is 6.36. The maximum absolute atomic E-state index is 13.7. The Balaban J connectivity index is 1.86. The Labute approximate surface area is 159 Å². The number of ether oxygens (including phenoxy) is 2. The maximum Gasteiger partial charge on any atom is 0.226 e. The Bertz CT molecular complexity index is 1040. The van der Waals surface area contributed by atoms with Gasteiger partial charge in [-0.2, -0.15) is 0 Å². The number of fused-ring (bicyclic) bond motifs is 1. The highest BCUT2D eigenvalue weighted by molar-refractivity contribution is 5.94. The summed E-state index contributed by atoms with van der Waals surface area (Å²) in [4.78, 5) is 16.8. The Morgan fingerprint density at radius 3 is 2.57 bits per heavy atom. The van der Waals surface area contributed by atoms with Crippen molar-refractivity contribution in [2.24, 2.45) is 0 Å². The van der Waals surface area contributed by atoms with Crippen molar-refractivity contribution < 1.29 is 23.0 Å². The molecule has 0 saturated carbocycles. The number of nitrogens with one attached hydrogen (secondary N) is 1. The van der Waals surface area contributed by atoms with Gasteiger partial charge in [-0.25, -0.2) is 13.8 Å². The van der Waals surface area contributed by atoms with E-state index in [9.17, 15) is 13.6 Å². The number of amides is 1. The SMILES string of the molecule is COc1cccc([C@H]2CC(=O)Nc3c2ncn3-c2cc(F)cc(F)c2)c1OC. The van der Waals surface area contributed by atoms with E-state index in [1.807, 2.05) is 12.1 Å². The van der Waals surface area contributed by atoms with Gasteiger partial charge in [-0.05, 0) is 18.2 Å². The molecule has 1 amide bonds. The second kappa shape index (κ2) is 6.95. The Morgan fingerprint density at radius 2 is 1.89 bits per heavy atom. The van der Waals surface area contributed by atoms with Gasteiger partial charge in [0.25, 0.3) is 0 Å². The van der Waals surface area contributed by atoms with Crippen LogP contribution in [0, 0.1) is 11.6 Å². The van der Waals surface area contributed by atoms with Gasteiger partial charge in [-0.15, -0.1) is 0 Å². The van der Waals surface area contributed by atoms with Crippen molar-refractivity contribution in [1.82, 2.24) is 9.55 Å². The normalized spacial score (nSPS) is 15.7. The van der Waals surface area contributed by atoms with Crippen LogP contribution >= 0.6 is 0 Å². The van der Waals surface area contributed by atoms with Gasteiger partial charge in [-0.1, -0.05) is 12.1 Å². The Hall–Kier alpha value is -3.42. The first-order chi connectivity index (χ1) is 13.5. The van der Waals surface area contributed by atoms with Crippen LogP contribution in [-0.4, -0.2) is 29.7 Å². The maximum atomic E-state index is 13.7. The van der Waals surface area contributed by atoms with Crippen molar-refractivity contribution in [2.45, 2.75) is 12.3 Å². The minimum atomic E-state index is -0.717. The van der Waals surface area contributed by atoms with Crippen molar-refractivity contribution in [3.63, 3.8) is 0 Å². The van der Waals surface area contributed by atoms with E-state index in [1.165, 1.54) is 37.2 Å². The smallest absolute Gasteiger partial charge is 0.226 e. The second-order valence-corrected chi connectivity index (χ2v) is 6.36. The molecule has 0 saturated heterocycles. The van der Waals surface area contributed by atoms with Crippen LogP contribution in [0.15, 0.2) is 42.7 Å². The Kier molecular flexibility index (Phi) is 4.46. The predicted molar refractivity (Wildman–Crippen MR) is 98.1 cm³/mol. The highest BCUT2D eigenvalue weighted by Crippen LogP contribution is 2.43. The van der Waals surface area contributed by atoms with E-state index in [1.54, 1.807) is 6.07 Å². The molecule has 1 N–H and O–H groups in total. The summed E-state index contributed by atoms with van der Waals surface area (Å²) >= 11 is 0. The number of para-hydroxylation sites is 1. The topological polar surface area (TPSA) is 65.4 Å². The number of anilines is 1. The lowest BCUT2D eigenvalue weighted by molar-refractivity contribution is -0.116. The number of benzene rings is 2. The van der Waals surface area contributed by atoms with Crippen molar-refractivity contribution in [3.05, 3.63) is 65.6 Å². The monoisotopic (exact) mass is 385 g/mol. The number of hydrogen-bond acceptors (Lipinski definition) is 4. The molecule has 144 valence electrons. The van der Waals surface area contributed by atoms with Crippen molar-refractivity contribution in [3.8, 4) is 17.2 Å². The van der Waals surface area contributed by atoms with E-state index < -0.39 is 17.6 Å². The summed E-state index contributed by atoms with van der Waals surface area (Å²) in [6.45, 7) is 0. The van der Waals surface area contributed by atoms with Gasteiger partial charge >= 0.3 is 0 Å². The molecular formula is C20H17F2N3O3. The molecule has 0 spiro atoms. The zero-order valence-corrected chi connectivity index (χ0v) is 15.2. The molecule has 0 aliphatic carbocycles. The van der Waals surface area contributed by atoms with Gasteiger partial charge in [0.15, 0.2) is 11.5 Å². The van der Waals surface area contributed by atoms with E-state index >= 15 is 0 Å². The minimum Gasteiger partial charge on any atom is -0.493 e. The fourth-order valence-electron chi connectivity index (χ4n) is 3.52. The molecule has 1 aliphatic heterocycles. The summed E-state index contributed by atoms with van der Waals surface area (Å²) in [5.41, 5.74) is 1.55. The summed E-state index contributed by atoms with van der Waals surface area (Å²) in [6.07, 6.45) is 1.59. The molecular weight excluding hydrogens is 368 g/mol. The number of methoxy groups -OCH3 is 2. The van der Waals surface area contributed by atoms with E-state index in [2.05, 4.69) is 10.3 Å². The zero-order valence-electron chi connectivity index (χ0n) is 15.2. The molecule has 0 bridgehead atoms. The van der Waals surface area contributed by atoms with Crippen molar-refractivity contribution >= 4 is 11.7 Å². The van der Waals surface area contributed by atoms with Gasteiger partial charge in [0.05, 0.1) is 25.6 Å². The van der Waals surface area contributed by atoms with Crippen LogP contribution in [0.1, 0.15) is 23.6 Å². The number of aromatic nitrogens is 2. The van der Waals surface area contributed by atoms with E-state index in [0.717, 1.165) is 11.6 Å². The number of hydrogen-bond donors (Lipinski definition) is 1. The summed E-state index contributed by atoms with van der Waals surface area (Å²) in [7, 11) is 3.06. The molecule has 2 aromatic carbocycles. The molecule has 4 rings (SSSR count). The number of halogens is 2. The standard InChI is InChI=1S/C20H17F2N3O3/c1-27-16-5-3-4-14(19(16)28-2)15-9-17(26)24-20-18(15)23-10-25(20)13-7-11(21)6-12(22)8-13/h3-8,10,15H,9H2,1-2H3,(H,24,26)/t15-/m1/s1. The summed E-state index contributed by atoms with van der Waals surface area (Å²) in [6, 6.07) is 8.55. The minimum absolute atomic E-state index is 0.158. The van der Waals surface area contributed by atoms with Crippen LogP contribution in [0.5, 0.6) is 11.5 Å². The van der Waals surface area contributed by atoms with Gasteiger partial charge < -0.3 is 14.8 Å². The summed E-state index contributed by atoms with van der Waals surface area (Å²) in [5, 5.41) is 2.76. The molecule has 0 radical (unpaired) electrons. The average molecular weight is 385 g/mol. The molecule has 3 aromatic rings. The van der Waals surface area contributed by atoms with Crippen LogP contribution < -0.4 is 14.8 Å². The number of rotatable bonds is 4. The first-order valence-electron chi connectivity index (χ1n) is 8.56. The molecule has 6 nitrogen and oxygen atoms in total. The van der Waals surface area contributed by atoms with Crippen LogP contribution in [0.25, 0.3) is 5.69 Å². The summed E-state index contributed by atoms with van der Waals surface area (Å²) in [5.74, 6) is -0.636. The quantitative estimate of drug-likeness (QED) is 0.745. The van der Waals surface area contributed by atoms with Gasteiger partial charge in [0, 0.05) is 24.0 Å². The lowest BCUT2D eigenvalue weighted by Gasteiger charge is -2.25. The first kappa shape index (κ1) is 18.0. The highest BCUT2D eigenvalue weighted by Gasteiger charge is 2.33. The molecule has 0 unspecified atom stereocenters. The first-order valence-corrected chi connectivity index (χ1v) is 8.56. The fraction of sp³-hybridized carbons (Fsp3) is 0.200. The van der Waals surface area contributed by atoms with Crippen molar-refractivity contribution in [2.75, 3.05) is 19.5 Å². The molecule has 28 heavy (non-hydrogen) atoms. The lowest BCUT2D eigenvalue weighted by Crippen LogP contribution is -2.25. The van der Waals surface area contributed by atoms with E-state index in [0.29, 0.717) is 23.0 Å². The molecule has 8 heteroatoms. The van der Waals surface area contributed by atoms with Gasteiger partial charge in [0.1, 0.15) is 23.8 Å². The number of nitrogens with zero attached hydrogens (tertiary/aromatic N) is 2. The molecule has 2 heterocycles. The van der Waals surface area contributed by atoms with Crippen molar-refractivity contribution in [1.29, 1.82) is 0 Å². The third kappa shape index (κ3) is 2.96. The average Bonchev–Trinajstić information content (AvgIpc) is 3.09. The third-order valence-corrected chi connectivity index (χ3v) is 4.71. The zero-order chi connectivity index (χ0) is 19.8. The van der Waals surface area contributed by atoms with E-state index in [-0.39, 0.29) is 18.0 Å². The van der Waals surface area contributed by atoms with Crippen LogP contribution in [0.3, 0.4) is 0 Å². The third-order valence-electron chi connectivity index (χ3n) is 4.71.